The lowest BCUT2D eigenvalue weighted by molar-refractivity contribution is 0.143. The molecule has 0 atom stereocenters. The Bertz CT molecular complexity index is 753. The average molecular weight is 295 g/mol. The van der Waals surface area contributed by atoms with Gasteiger partial charge in [0.05, 0.1) is 0 Å². The summed E-state index contributed by atoms with van der Waals surface area (Å²) >= 11 is 0. The van der Waals surface area contributed by atoms with E-state index in [0.29, 0.717) is 22.9 Å². The normalized spacial score (nSPS) is 10.5. The van der Waals surface area contributed by atoms with Crippen LogP contribution in [-0.4, -0.2) is 26.9 Å². The number of nitrogens with zero attached hydrogens (tertiary/aromatic N) is 2. The summed E-state index contributed by atoms with van der Waals surface area (Å²) in [5.74, 6) is 6.54. The highest BCUT2D eigenvalue weighted by atomic mass is 16.3. The van der Waals surface area contributed by atoms with Gasteiger partial charge in [0.1, 0.15) is 23.6 Å². The van der Waals surface area contributed by atoms with E-state index in [9.17, 15) is 5.11 Å². The molecule has 0 unspecified atom stereocenters. The van der Waals surface area contributed by atoms with Crippen LogP contribution in [0.1, 0.15) is 25.0 Å². The van der Waals surface area contributed by atoms with Crippen LogP contribution in [0.5, 0.6) is 0 Å². The third-order valence-electron chi connectivity index (χ3n) is 2.67. The highest BCUT2D eigenvalue weighted by molar-refractivity contribution is 5.87. The molecule has 2 aromatic rings. The predicted molar refractivity (Wildman–Crippen MR) is 87.2 cm³/mol. The molecule has 112 valence electrons. The van der Waals surface area contributed by atoms with Crippen molar-refractivity contribution < 1.29 is 5.11 Å². The van der Waals surface area contributed by atoms with Gasteiger partial charge in [-0.25, -0.2) is 9.97 Å². The second kappa shape index (κ2) is 6.24. The largest absolute Gasteiger partial charge is 0.384 e. The third kappa shape index (κ3) is 4.30. The fraction of sp³-hybridized carbons (Fsp3) is 0.188. The van der Waals surface area contributed by atoms with Crippen molar-refractivity contribution in [3.8, 4) is 11.8 Å². The van der Waals surface area contributed by atoms with Gasteiger partial charge in [-0.15, -0.1) is 0 Å². The Balaban J connectivity index is 2.36. The molecule has 1 heterocycles. The maximum atomic E-state index is 9.66. The van der Waals surface area contributed by atoms with Gasteiger partial charge < -0.3 is 21.6 Å². The molecule has 0 saturated carbocycles. The molecule has 0 radical (unpaired) electrons. The number of anilines is 3. The van der Waals surface area contributed by atoms with E-state index in [1.807, 2.05) is 0 Å². The van der Waals surface area contributed by atoms with Crippen LogP contribution in [0.3, 0.4) is 0 Å². The van der Waals surface area contributed by atoms with Crippen LogP contribution in [-0.2, 0) is 0 Å². The number of benzene rings is 1. The first-order valence-corrected chi connectivity index (χ1v) is 6.62. The summed E-state index contributed by atoms with van der Waals surface area (Å²) < 4.78 is 0. The zero-order valence-electron chi connectivity index (χ0n) is 12.4. The summed E-state index contributed by atoms with van der Waals surface area (Å²) in [4.78, 5) is 7.90. The van der Waals surface area contributed by atoms with E-state index in [-0.39, 0.29) is 0 Å². The zero-order chi connectivity index (χ0) is 16.2. The Morgan fingerprint density at radius 1 is 1.32 bits per heavy atom. The van der Waals surface area contributed by atoms with E-state index in [1.165, 1.54) is 12.5 Å². The summed E-state index contributed by atoms with van der Waals surface area (Å²) in [6.07, 6.45) is 2.60. The third-order valence-corrected chi connectivity index (χ3v) is 2.67. The Morgan fingerprint density at radius 2 is 2.09 bits per heavy atom. The Hall–Kier alpha value is -2.91. The minimum absolute atomic E-state index is 0.354. The minimum Gasteiger partial charge on any atom is -0.384 e. The number of nitrogen functional groups attached to an aromatic ring is 1. The van der Waals surface area contributed by atoms with Gasteiger partial charge in [-0.1, -0.05) is 17.9 Å². The molecule has 0 amide bonds. The maximum absolute atomic E-state index is 9.66. The standard InChI is InChI=1S/C16H17N5O/c1-16(2,22)6-5-11-3-4-12(9-17)13(7-11)21-15-8-14(18)19-10-20-15/h3-4,7-10,17,22H,1-2H3,(H3,18,19,20,21). The number of aliphatic hydroxyl groups is 1. The molecular formula is C16H17N5O. The molecule has 0 spiro atoms. The molecule has 0 aliphatic carbocycles. The molecule has 0 saturated heterocycles. The lowest BCUT2D eigenvalue weighted by Crippen LogP contribution is -2.14. The van der Waals surface area contributed by atoms with Crippen LogP contribution >= 0.6 is 0 Å². The smallest absolute Gasteiger partial charge is 0.135 e. The van der Waals surface area contributed by atoms with Gasteiger partial charge in [0.2, 0.25) is 0 Å². The van der Waals surface area contributed by atoms with Gasteiger partial charge in [0.25, 0.3) is 0 Å². The molecule has 0 fully saturated rings. The number of aromatic nitrogens is 2. The second-order valence-corrected chi connectivity index (χ2v) is 5.21. The lowest BCUT2D eigenvalue weighted by atomic mass is 10.1. The molecular weight excluding hydrogens is 278 g/mol. The van der Waals surface area contributed by atoms with Gasteiger partial charge in [-0.05, 0) is 26.0 Å². The van der Waals surface area contributed by atoms with Gasteiger partial charge in [-0.2, -0.15) is 0 Å². The summed E-state index contributed by atoms with van der Waals surface area (Å²) in [6.45, 7) is 3.24. The van der Waals surface area contributed by atoms with Crippen molar-refractivity contribution >= 4 is 23.5 Å². The predicted octanol–water partition coefficient (Wildman–Crippen LogP) is 1.92. The topological polar surface area (TPSA) is 108 Å². The van der Waals surface area contributed by atoms with Crippen molar-refractivity contribution in [2.75, 3.05) is 11.1 Å². The Kier molecular flexibility index (Phi) is 4.39. The number of nitrogens with two attached hydrogens (primary N) is 1. The zero-order valence-corrected chi connectivity index (χ0v) is 12.4. The number of nitrogens with one attached hydrogen (secondary N) is 2. The van der Waals surface area contributed by atoms with Gasteiger partial charge >= 0.3 is 0 Å². The molecule has 0 bridgehead atoms. The van der Waals surface area contributed by atoms with E-state index in [1.54, 1.807) is 38.1 Å². The average Bonchev–Trinajstić information content (AvgIpc) is 2.45. The van der Waals surface area contributed by atoms with Crippen LogP contribution in [0.2, 0.25) is 0 Å². The van der Waals surface area contributed by atoms with Crippen molar-refractivity contribution in [3.05, 3.63) is 41.7 Å². The molecule has 6 nitrogen and oxygen atoms in total. The fourth-order valence-electron chi connectivity index (χ4n) is 1.67. The SMILES string of the molecule is CC(C)(O)C#Cc1ccc(C=N)c(Nc2cc(N)ncn2)c1. The number of hydrogen-bond acceptors (Lipinski definition) is 6. The Morgan fingerprint density at radius 3 is 2.73 bits per heavy atom. The number of rotatable bonds is 3. The Labute approximate surface area is 128 Å². The lowest BCUT2D eigenvalue weighted by Gasteiger charge is -2.10. The van der Waals surface area contributed by atoms with Crippen LogP contribution in [0.4, 0.5) is 17.3 Å². The fourth-order valence-corrected chi connectivity index (χ4v) is 1.67. The van der Waals surface area contributed by atoms with Crippen LogP contribution in [0, 0.1) is 17.3 Å². The van der Waals surface area contributed by atoms with E-state index in [0.717, 1.165) is 5.56 Å². The van der Waals surface area contributed by atoms with E-state index in [4.69, 9.17) is 11.1 Å². The van der Waals surface area contributed by atoms with Crippen molar-refractivity contribution in [1.29, 1.82) is 5.41 Å². The minimum atomic E-state index is -1.06. The molecule has 5 N–H and O–H groups in total. The molecule has 1 aromatic carbocycles. The molecule has 0 aliphatic heterocycles. The number of hydrogen-bond donors (Lipinski definition) is 4. The van der Waals surface area contributed by atoms with Gasteiger partial charge in [0.15, 0.2) is 0 Å². The summed E-state index contributed by atoms with van der Waals surface area (Å²) in [5, 5.41) is 20.2. The van der Waals surface area contributed by atoms with E-state index in [2.05, 4.69) is 27.1 Å². The van der Waals surface area contributed by atoms with E-state index >= 15 is 0 Å². The highest BCUT2D eigenvalue weighted by Gasteiger charge is 2.07. The second-order valence-electron chi connectivity index (χ2n) is 5.21. The quantitative estimate of drug-likeness (QED) is 0.511. The maximum Gasteiger partial charge on any atom is 0.135 e. The van der Waals surface area contributed by atoms with Gasteiger partial charge in [0, 0.05) is 29.1 Å². The molecule has 1 aromatic heterocycles. The van der Waals surface area contributed by atoms with Crippen LogP contribution in [0.15, 0.2) is 30.6 Å². The highest BCUT2D eigenvalue weighted by Crippen LogP contribution is 2.20. The summed E-state index contributed by atoms with van der Waals surface area (Å²) in [6, 6.07) is 6.95. The first kappa shape index (κ1) is 15.5. The van der Waals surface area contributed by atoms with Gasteiger partial charge in [-0.3, -0.25) is 0 Å². The van der Waals surface area contributed by atoms with Crippen LogP contribution in [0.25, 0.3) is 0 Å². The van der Waals surface area contributed by atoms with Crippen molar-refractivity contribution in [2.24, 2.45) is 0 Å². The molecule has 6 heteroatoms. The van der Waals surface area contributed by atoms with Crippen molar-refractivity contribution in [1.82, 2.24) is 9.97 Å². The van der Waals surface area contributed by atoms with E-state index < -0.39 is 5.60 Å². The van der Waals surface area contributed by atoms with Crippen molar-refractivity contribution in [3.63, 3.8) is 0 Å². The molecule has 2 rings (SSSR count). The monoisotopic (exact) mass is 295 g/mol. The van der Waals surface area contributed by atoms with Crippen molar-refractivity contribution in [2.45, 2.75) is 19.4 Å². The summed E-state index contributed by atoms with van der Waals surface area (Å²) in [7, 11) is 0. The molecule has 0 aliphatic rings. The molecule has 22 heavy (non-hydrogen) atoms. The first-order valence-electron chi connectivity index (χ1n) is 6.62. The summed E-state index contributed by atoms with van der Waals surface area (Å²) in [5.41, 5.74) is 6.64. The van der Waals surface area contributed by atoms with Crippen LogP contribution < -0.4 is 11.1 Å². The first-order chi connectivity index (χ1) is 10.4.